The van der Waals surface area contributed by atoms with Crippen molar-refractivity contribution < 1.29 is 9.59 Å². The standard InChI is InChI=1S/C12H16N2O2S/c1-3-4-8-9(5-11(15)14-12(8)16)10-6-17-7(2)13-10/h6,8-9H,3-5H2,1-2H3,(H,14,15,16). The predicted molar refractivity (Wildman–Crippen MR) is 65.8 cm³/mol. The van der Waals surface area contributed by atoms with E-state index < -0.39 is 0 Å². The van der Waals surface area contributed by atoms with Crippen molar-refractivity contribution in [2.24, 2.45) is 5.92 Å². The molecule has 2 amide bonds. The maximum Gasteiger partial charge on any atom is 0.230 e. The Morgan fingerprint density at radius 2 is 2.29 bits per heavy atom. The van der Waals surface area contributed by atoms with Crippen molar-refractivity contribution in [1.29, 1.82) is 0 Å². The second-order valence-electron chi connectivity index (χ2n) is 4.41. The zero-order valence-electron chi connectivity index (χ0n) is 10.0. The van der Waals surface area contributed by atoms with Gasteiger partial charge in [0.1, 0.15) is 0 Å². The normalized spacial score (nSPS) is 24.8. The molecule has 17 heavy (non-hydrogen) atoms. The monoisotopic (exact) mass is 252 g/mol. The third-order valence-electron chi connectivity index (χ3n) is 3.11. The minimum atomic E-state index is -0.182. The van der Waals surface area contributed by atoms with Crippen molar-refractivity contribution >= 4 is 23.2 Å². The van der Waals surface area contributed by atoms with Gasteiger partial charge in [0, 0.05) is 23.6 Å². The molecule has 0 saturated carbocycles. The van der Waals surface area contributed by atoms with Crippen LogP contribution in [0, 0.1) is 12.8 Å². The van der Waals surface area contributed by atoms with Crippen LogP contribution < -0.4 is 5.32 Å². The topological polar surface area (TPSA) is 59.1 Å². The molecule has 0 aliphatic carbocycles. The van der Waals surface area contributed by atoms with Gasteiger partial charge < -0.3 is 0 Å². The number of nitrogens with one attached hydrogen (secondary N) is 1. The molecule has 1 aliphatic heterocycles. The molecule has 1 aliphatic rings. The van der Waals surface area contributed by atoms with Gasteiger partial charge in [0.05, 0.1) is 10.7 Å². The number of piperidine rings is 1. The van der Waals surface area contributed by atoms with E-state index in [4.69, 9.17) is 0 Å². The maximum atomic E-state index is 11.8. The lowest BCUT2D eigenvalue weighted by atomic mass is 9.81. The average Bonchev–Trinajstić information content (AvgIpc) is 2.68. The third-order valence-corrected chi connectivity index (χ3v) is 3.90. The summed E-state index contributed by atoms with van der Waals surface area (Å²) >= 11 is 1.57. The smallest absolute Gasteiger partial charge is 0.230 e. The van der Waals surface area contributed by atoms with Crippen LogP contribution in [0.4, 0.5) is 0 Å². The molecule has 2 unspecified atom stereocenters. The van der Waals surface area contributed by atoms with Gasteiger partial charge in [0.25, 0.3) is 0 Å². The number of aromatic nitrogens is 1. The van der Waals surface area contributed by atoms with E-state index in [9.17, 15) is 9.59 Å². The van der Waals surface area contributed by atoms with E-state index >= 15 is 0 Å². The van der Waals surface area contributed by atoms with Crippen molar-refractivity contribution in [3.8, 4) is 0 Å². The number of hydrogen-bond donors (Lipinski definition) is 1. The van der Waals surface area contributed by atoms with Crippen LogP contribution in [-0.4, -0.2) is 16.8 Å². The minimum absolute atomic E-state index is 0.0406. The molecule has 2 rings (SSSR count). The number of rotatable bonds is 3. The van der Waals surface area contributed by atoms with E-state index in [0.717, 1.165) is 23.5 Å². The van der Waals surface area contributed by atoms with Crippen LogP contribution in [0.15, 0.2) is 5.38 Å². The van der Waals surface area contributed by atoms with Crippen LogP contribution in [0.1, 0.15) is 42.8 Å². The summed E-state index contributed by atoms with van der Waals surface area (Å²) in [6, 6.07) is 0. The Hall–Kier alpha value is -1.23. The van der Waals surface area contributed by atoms with Crippen molar-refractivity contribution in [2.75, 3.05) is 0 Å². The summed E-state index contributed by atoms with van der Waals surface area (Å²) in [4.78, 5) is 27.7. The Kier molecular flexibility index (Phi) is 3.57. The SMILES string of the molecule is CCCC1C(=O)NC(=O)CC1c1csc(C)n1. The van der Waals surface area contributed by atoms with Crippen molar-refractivity contribution in [1.82, 2.24) is 10.3 Å². The molecule has 0 aromatic carbocycles. The summed E-state index contributed by atoms with van der Waals surface area (Å²) in [7, 11) is 0. The van der Waals surface area contributed by atoms with Crippen LogP contribution in [-0.2, 0) is 9.59 Å². The van der Waals surface area contributed by atoms with Crippen LogP contribution >= 0.6 is 11.3 Å². The van der Waals surface area contributed by atoms with E-state index in [-0.39, 0.29) is 23.7 Å². The van der Waals surface area contributed by atoms with Gasteiger partial charge in [-0.1, -0.05) is 13.3 Å². The summed E-state index contributed by atoms with van der Waals surface area (Å²) < 4.78 is 0. The molecule has 5 heteroatoms. The number of imide groups is 1. The Balaban J connectivity index is 2.26. The summed E-state index contributed by atoms with van der Waals surface area (Å²) in [6.07, 6.45) is 2.12. The molecule has 2 heterocycles. The van der Waals surface area contributed by atoms with Gasteiger partial charge in [-0.3, -0.25) is 14.9 Å². The van der Waals surface area contributed by atoms with Gasteiger partial charge in [-0.2, -0.15) is 0 Å². The van der Waals surface area contributed by atoms with Gasteiger partial charge in [0.15, 0.2) is 0 Å². The predicted octanol–water partition coefficient (Wildman–Crippen LogP) is 2.00. The fourth-order valence-corrected chi connectivity index (χ4v) is 2.99. The van der Waals surface area contributed by atoms with Gasteiger partial charge in [0.2, 0.25) is 11.8 Å². The highest BCUT2D eigenvalue weighted by Crippen LogP contribution is 2.34. The summed E-state index contributed by atoms with van der Waals surface area (Å²) in [5.41, 5.74) is 0.897. The molecule has 1 aromatic rings. The largest absolute Gasteiger partial charge is 0.296 e. The van der Waals surface area contributed by atoms with E-state index in [1.165, 1.54) is 0 Å². The fraction of sp³-hybridized carbons (Fsp3) is 0.583. The van der Waals surface area contributed by atoms with Crippen molar-refractivity contribution in [2.45, 2.75) is 39.0 Å². The molecule has 92 valence electrons. The van der Waals surface area contributed by atoms with Gasteiger partial charge in [-0.15, -0.1) is 11.3 Å². The summed E-state index contributed by atoms with van der Waals surface area (Å²) in [6.45, 7) is 3.99. The molecule has 1 N–H and O–H groups in total. The van der Waals surface area contributed by atoms with Crippen LogP contribution in [0.3, 0.4) is 0 Å². The van der Waals surface area contributed by atoms with Crippen molar-refractivity contribution in [3.05, 3.63) is 16.1 Å². The van der Waals surface area contributed by atoms with Gasteiger partial charge >= 0.3 is 0 Å². The molecule has 1 aromatic heterocycles. The summed E-state index contributed by atoms with van der Waals surface area (Å²) in [5.74, 6) is -0.475. The molecule has 2 atom stereocenters. The van der Waals surface area contributed by atoms with E-state index in [1.54, 1.807) is 11.3 Å². The molecular weight excluding hydrogens is 236 g/mol. The number of nitrogens with zero attached hydrogens (tertiary/aromatic N) is 1. The number of aryl methyl sites for hydroxylation is 1. The van der Waals surface area contributed by atoms with Gasteiger partial charge in [-0.05, 0) is 13.3 Å². The lowest BCUT2D eigenvalue weighted by molar-refractivity contribution is -0.137. The van der Waals surface area contributed by atoms with E-state index in [1.807, 2.05) is 19.2 Å². The molecule has 0 radical (unpaired) electrons. The number of carbonyl (C=O) groups is 2. The Morgan fingerprint density at radius 3 is 2.88 bits per heavy atom. The van der Waals surface area contributed by atoms with Crippen LogP contribution in [0.2, 0.25) is 0 Å². The third kappa shape index (κ3) is 2.54. The Bertz CT molecular complexity index is 441. The van der Waals surface area contributed by atoms with Gasteiger partial charge in [-0.25, -0.2) is 4.98 Å². The van der Waals surface area contributed by atoms with E-state index in [2.05, 4.69) is 10.3 Å². The fourth-order valence-electron chi connectivity index (χ4n) is 2.31. The van der Waals surface area contributed by atoms with E-state index in [0.29, 0.717) is 6.42 Å². The molecule has 1 fully saturated rings. The molecule has 1 saturated heterocycles. The maximum absolute atomic E-state index is 11.8. The zero-order valence-corrected chi connectivity index (χ0v) is 10.8. The minimum Gasteiger partial charge on any atom is -0.296 e. The number of carbonyl (C=O) groups excluding carboxylic acids is 2. The second-order valence-corrected chi connectivity index (χ2v) is 5.47. The highest BCUT2D eigenvalue weighted by molar-refractivity contribution is 7.09. The highest BCUT2D eigenvalue weighted by atomic mass is 32.1. The second kappa shape index (κ2) is 4.96. The molecule has 0 bridgehead atoms. The molecule has 0 spiro atoms. The molecule has 4 nitrogen and oxygen atoms in total. The number of amides is 2. The zero-order chi connectivity index (χ0) is 12.4. The lowest BCUT2D eigenvalue weighted by Crippen LogP contribution is -2.44. The first-order valence-electron chi connectivity index (χ1n) is 5.87. The first kappa shape index (κ1) is 12.2. The quantitative estimate of drug-likeness (QED) is 0.837. The van der Waals surface area contributed by atoms with Crippen molar-refractivity contribution in [3.63, 3.8) is 0 Å². The first-order chi connectivity index (χ1) is 8.11. The first-order valence-corrected chi connectivity index (χ1v) is 6.75. The summed E-state index contributed by atoms with van der Waals surface area (Å²) in [5, 5.41) is 5.37. The number of hydrogen-bond acceptors (Lipinski definition) is 4. The molecular formula is C12H16N2O2S. The Morgan fingerprint density at radius 1 is 1.53 bits per heavy atom. The highest BCUT2D eigenvalue weighted by Gasteiger charge is 2.37. The van der Waals surface area contributed by atoms with Crippen LogP contribution in [0.5, 0.6) is 0 Å². The lowest BCUT2D eigenvalue weighted by Gasteiger charge is -2.28. The number of thiazole rings is 1. The average molecular weight is 252 g/mol. The van der Waals surface area contributed by atoms with Crippen LogP contribution in [0.25, 0.3) is 0 Å². The Labute approximate surface area is 104 Å².